The third-order valence-corrected chi connectivity index (χ3v) is 10.7. The molecule has 0 unspecified atom stereocenters. The Morgan fingerprint density at radius 1 is 1.18 bits per heavy atom. The molecule has 2 N–H and O–H groups in total. The van der Waals surface area contributed by atoms with Gasteiger partial charge in [-0.1, -0.05) is 23.2 Å². The van der Waals surface area contributed by atoms with E-state index in [0.717, 1.165) is 25.5 Å². The van der Waals surface area contributed by atoms with Crippen molar-refractivity contribution in [2.24, 2.45) is 0 Å². The van der Waals surface area contributed by atoms with Crippen molar-refractivity contribution < 1.29 is 31.8 Å². The molecule has 11 nitrogen and oxygen atoms in total. The summed E-state index contributed by atoms with van der Waals surface area (Å²) < 4.78 is 70.5. The fourth-order valence-corrected chi connectivity index (χ4v) is 8.24. The zero-order chi connectivity index (χ0) is 35.5. The van der Waals surface area contributed by atoms with Crippen LogP contribution in [0.5, 0.6) is 6.01 Å². The molecule has 2 aromatic heterocycles. The number of nitrogens with two attached hydrogens (primary N) is 1. The van der Waals surface area contributed by atoms with Crippen LogP contribution in [-0.4, -0.2) is 81.3 Å². The molecule has 17 heteroatoms. The van der Waals surface area contributed by atoms with Gasteiger partial charge in [-0.3, -0.25) is 14.4 Å². The van der Waals surface area contributed by atoms with Crippen LogP contribution in [0.25, 0.3) is 0 Å². The van der Waals surface area contributed by atoms with Gasteiger partial charge in [0.25, 0.3) is 5.91 Å². The van der Waals surface area contributed by atoms with Crippen molar-refractivity contribution >= 4 is 40.6 Å². The number of alkyl halides is 3. The Kier molecular flexibility index (Phi) is 9.14. The highest BCUT2D eigenvalue weighted by atomic mass is 35.5. The Morgan fingerprint density at radius 3 is 2.72 bits per heavy atom. The molecule has 4 aliphatic rings. The minimum absolute atomic E-state index is 0.0376. The zero-order valence-electron chi connectivity index (χ0n) is 27.5. The standard InChI is InChI=1S/C33H36Cl2F4N8O3/c1-44(2)30(48)28-27(35)24-15-45(6-4-8-47(24)43-28)29-21-16-49-25(20-9-19(40)10-22(34)26(20)33(37,38)39)11-23(21)41-31(42-29)50-17-32-5-3-7-46(32)14-18(12-32)13-36/h9-10,13,25H,3-8,11-12,14-17,40H2,1-2H3/b18-13-/t25-,32-/m0/s1. The third kappa shape index (κ3) is 6.26. The first-order chi connectivity index (χ1) is 23.8. The van der Waals surface area contributed by atoms with Gasteiger partial charge in [0.15, 0.2) is 5.69 Å². The maximum Gasteiger partial charge on any atom is 0.418 e. The summed E-state index contributed by atoms with van der Waals surface area (Å²) in [5.74, 6) is 0.155. The van der Waals surface area contributed by atoms with Crippen molar-refractivity contribution in [2.75, 3.05) is 51.0 Å². The van der Waals surface area contributed by atoms with Crippen LogP contribution in [0.4, 0.5) is 29.1 Å². The summed E-state index contributed by atoms with van der Waals surface area (Å²) in [5, 5.41) is 4.23. The third-order valence-electron chi connectivity index (χ3n) is 9.99. The molecule has 0 radical (unpaired) electrons. The predicted molar refractivity (Wildman–Crippen MR) is 178 cm³/mol. The minimum Gasteiger partial charge on any atom is -0.461 e. The molecule has 0 spiro atoms. The highest BCUT2D eigenvalue weighted by Gasteiger charge is 2.47. The molecule has 3 aromatic rings. The number of hydrogen-bond acceptors (Lipinski definition) is 9. The molecule has 7 rings (SSSR count). The SMILES string of the molecule is CN(C)C(=O)c1nn2c(c1Cl)CN(c1nc(OC[C@@]34CCCN3C/C(=C\F)C4)nc3c1CO[C@H](c1cc(N)cc(Cl)c1C(F)(F)F)C3)CCC2. The molecule has 0 bridgehead atoms. The molecular formula is C33H36Cl2F4N8O3. The van der Waals surface area contributed by atoms with Crippen molar-refractivity contribution in [3.63, 3.8) is 0 Å². The second-order valence-corrected chi connectivity index (χ2v) is 14.3. The van der Waals surface area contributed by atoms with Gasteiger partial charge in [-0.05, 0) is 55.5 Å². The smallest absolute Gasteiger partial charge is 0.418 e. The van der Waals surface area contributed by atoms with E-state index in [1.54, 1.807) is 18.8 Å². The van der Waals surface area contributed by atoms with E-state index >= 15 is 0 Å². The van der Waals surface area contributed by atoms with Crippen LogP contribution in [-0.2, 0) is 37.0 Å². The molecular weight excluding hydrogens is 703 g/mol. The van der Waals surface area contributed by atoms with E-state index in [2.05, 4.69) is 10.00 Å². The maximum absolute atomic E-state index is 14.3. The fourth-order valence-electron chi connectivity index (χ4n) is 7.62. The van der Waals surface area contributed by atoms with Gasteiger partial charge in [0.1, 0.15) is 12.4 Å². The lowest BCUT2D eigenvalue weighted by molar-refractivity contribution is -0.139. The highest BCUT2D eigenvalue weighted by molar-refractivity contribution is 6.34. The van der Waals surface area contributed by atoms with E-state index in [9.17, 15) is 22.4 Å². The molecule has 4 aliphatic heterocycles. The first kappa shape index (κ1) is 34.8. The number of carbonyl (C=O) groups is 1. The monoisotopic (exact) mass is 738 g/mol. The van der Waals surface area contributed by atoms with Crippen molar-refractivity contribution in [1.29, 1.82) is 0 Å². The number of anilines is 2. The lowest BCUT2D eigenvalue weighted by Crippen LogP contribution is -2.43. The van der Waals surface area contributed by atoms with Gasteiger partial charge in [0.05, 0.1) is 58.1 Å². The minimum atomic E-state index is -4.75. The van der Waals surface area contributed by atoms with Crippen LogP contribution in [0.3, 0.4) is 0 Å². The van der Waals surface area contributed by atoms with Crippen LogP contribution in [0.15, 0.2) is 24.0 Å². The Labute approximate surface area is 295 Å². The quantitative estimate of drug-likeness (QED) is 0.241. The van der Waals surface area contributed by atoms with Gasteiger partial charge >= 0.3 is 12.2 Å². The number of aryl methyl sites for hydroxylation is 1. The molecule has 2 atom stereocenters. The largest absolute Gasteiger partial charge is 0.461 e. The van der Waals surface area contributed by atoms with E-state index in [1.807, 2.05) is 4.90 Å². The molecule has 6 heterocycles. The molecule has 1 amide bonds. The maximum atomic E-state index is 14.3. The molecule has 0 aliphatic carbocycles. The van der Waals surface area contributed by atoms with Gasteiger partial charge in [-0.2, -0.15) is 28.2 Å². The zero-order valence-corrected chi connectivity index (χ0v) is 29.0. The molecule has 2 fully saturated rings. The Hall–Kier alpha value is -3.66. The fraction of sp³-hybridized carbons (Fsp3) is 0.515. The van der Waals surface area contributed by atoms with E-state index in [4.69, 9.17) is 48.4 Å². The van der Waals surface area contributed by atoms with Gasteiger partial charge in [0, 0.05) is 51.4 Å². The average molecular weight is 740 g/mol. The van der Waals surface area contributed by atoms with Gasteiger partial charge in [-0.15, -0.1) is 0 Å². The van der Waals surface area contributed by atoms with Crippen LogP contribution < -0.4 is 15.4 Å². The van der Waals surface area contributed by atoms with Gasteiger partial charge in [0.2, 0.25) is 0 Å². The number of aromatic nitrogens is 4. The first-order valence-corrected chi connectivity index (χ1v) is 17.1. The average Bonchev–Trinajstić information content (AvgIpc) is 3.65. The van der Waals surface area contributed by atoms with Crippen molar-refractivity contribution in [1.82, 2.24) is 29.5 Å². The summed E-state index contributed by atoms with van der Waals surface area (Å²) in [7, 11) is 3.25. The van der Waals surface area contributed by atoms with Gasteiger partial charge < -0.3 is 25.0 Å². The van der Waals surface area contributed by atoms with Crippen LogP contribution in [0.2, 0.25) is 10.0 Å². The van der Waals surface area contributed by atoms with Crippen LogP contribution in [0.1, 0.15) is 70.4 Å². The summed E-state index contributed by atoms with van der Waals surface area (Å²) >= 11 is 12.8. The summed E-state index contributed by atoms with van der Waals surface area (Å²) in [5.41, 5.74) is 6.95. The van der Waals surface area contributed by atoms with Crippen LogP contribution >= 0.6 is 23.2 Å². The number of hydrogen-bond donors (Lipinski definition) is 1. The molecule has 268 valence electrons. The van der Waals surface area contributed by atoms with Crippen molar-refractivity contribution in [3.05, 3.63) is 67.9 Å². The second-order valence-electron chi connectivity index (χ2n) is 13.5. The molecule has 2 saturated heterocycles. The lowest BCUT2D eigenvalue weighted by Gasteiger charge is -2.33. The molecule has 0 saturated carbocycles. The number of nitrogens with zero attached hydrogens (tertiary/aromatic N) is 7. The van der Waals surface area contributed by atoms with Crippen LogP contribution in [0, 0.1) is 0 Å². The number of carbonyl (C=O) groups excluding carboxylic acids is 1. The van der Waals surface area contributed by atoms with E-state index in [1.165, 1.54) is 11.0 Å². The number of halogens is 6. The van der Waals surface area contributed by atoms with E-state index in [-0.39, 0.29) is 60.1 Å². The van der Waals surface area contributed by atoms with E-state index < -0.39 is 28.4 Å². The summed E-state index contributed by atoms with van der Waals surface area (Å²) in [4.78, 5) is 28.0. The van der Waals surface area contributed by atoms with Gasteiger partial charge in [-0.25, -0.2) is 4.39 Å². The predicted octanol–water partition coefficient (Wildman–Crippen LogP) is 5.98. The topological polar surface area (TPSA) is 115 Å². The normalized spacial score (nSPS) is 23.1. The number of ether oxygens (including phenoxy) is 2. The molecule has 1 aromatic carbocycles. The van der Waals surface area contributed by atoms with E-state index in [0.29, 0.717) is 67.1 Å². The summed E-state index contributed by atoms with van der Waals surface area (Å²) in [6.07, 6.45) is -2.27. The lowest BCUT2D eigenvalue weighted by atomic mass is 9.94. The number of amides is 1. The second kappa shape index (κ2) is 13.1. The van der Waals surface area contributed by atoms with Crippen molar-refractivity contribution in [2.45, 2.75) is 69.6 Å². The number of rotatable bonds is 6. The Bertz CT molecular complexity index is 1870. The first-order valence-electron chi connectivity index (χ1n) is 16.3. The highest BCUT2D eigenvalue weighted by Crippen LogP contribution is 2.45. The number of fused-ring (bicyclic) bond motifs is 3. The Balaban J connectivity index is 1.27. The number of benzene rings is 1. The molecule has 50 heavy (non-hydrogen) atoms. The summed E-state index contributed by atoms with van der Waals surface area (Å²) in [6, 6.07) is 2.35. The Morgan fingerprint density at radius 2 is 1.98 bits per heavy atom. The van der Waals surface area contributed by atoms with Crippen molar-refractivity contribution in [3.8, 4) is 6.01 Å². The summed E-state index contributed by atoms with van der Waals surface area (Å²) in [6.45, 7) is 2.72. The number of nitrogen functional groups attached to an aromatic ring is 1.